The van der Waals surface area contributed by atoms with E-state index in [4.69, 9.17) is 0 Å². The third-order valence-electron chi connectivity index (χ3n) is 15.8. The Hall–Kier alpha value is -9.50. The predicted octanol–water partition coefficient (Wildman–Crippen LogP) is 18.8. The van der Waals surface area contributed by atoms with Crippen LogP contribution in [0, 0.1) is 0 Å². The van der Waals surface area contributed by atoms with Crippen LogP contribution in [-0.4, -0.2) is 4.57 Å². The summed E-state index contributed by atoms with van der Waals surface area (Å²) in [5, 5.41) is 4.94. The second-order valence-electron chi connectivity index (χ2n) is 19.5. The molecule has 13 aromatic rings. The lowest BCUT2D eigenvalue weighted by Crippen LogP contribution is -2.33. The van der Waals surface area contributed by atoms with Crippen LogP contribution in [0.1, 0.15) is 22.3 Å². The Bertz CT molecular complexity index is 4320. The maximum absolute atomic E-state index is 2.53. The fourth-order valence-corrected chi connectivity index (χ4v) is 12.7. The van der Waals surface area contributed by atoms with Crippen LogP contribution in [0.15, 0.2) is 279 Å². The number of fused-ring (bicyclic) bond motifs is 13. The largest absolute Gasteiger partial charge is 0.309 e. The van der Waals surface area contributed by atoms with Gasteiger partial charge in [0.2, 0.25) is 0 Å². The van der Waals surface area contributed by atoms with Gasteiger partial charge in [-0.3, -0.25) is 0 Å². The molecule has 0 amide bonds. The van der Waals surface area contributed by atoms with Crippen LogP contribution in [0.5, 0.6) is 0 Å². The van der Waals surface area contributed by atoms with Crippen LogP contribution in [0.4, 0.5) is 17.1 Å². The van der Waals surface area contributed by atoms with Crippen molar-refractivity contribution in [1.29, 1.82) is 0 Å². The molecule has 73 heavy (non-hydrogen) atoms. The molecule has 1 atom stereocenters. The molecule has 1 aromatic heterocycles. The van der Waals surface area contributed by atoms with Gasteiger partial charge in [-0.2, -0.15) is 0 Å². The molecular weight excluding hydrogens is 881 g/mol. The van der Waals surface area contributed by atoms with Crippen LogP contribution < -0.4 is 4.90 Å². The third kappa shape index (κ3) is 6.11. The lowest BCUT2D eigenvalue weighted by molar-refractivity contribution is 0.749. The number of hydrogen-bond donors (Lipinski definition) is 0. The zero-order valence-corrected chi connectivity index (χ0v) is 40.0. The first kappa shape index (κ1) is 41.3. The lowest BCUT2D eigenvalue weighted by atomic mass is 9.65. The first-order valence-corrected chi connectivity index (χ1v) is 25.3. The van der Waals surface area contributed by atoms with Crippen LogP contribution in [0.3, 0.4) is 0 Å². The summed E-state index contributed by atoms with van der Waals surface area (Å²) in [6.07, 6.45) is 0. The van der Waals surface area contributed by atoms with Gasteiger partial charge >= 0.3 is 0 Å². The molecule has 1 aliphatic carbocycles. The van der Waals surface area contributed by atoms with Crippen molar-refractivity contribution >= 4 is 49.6 Å². The Labute approximate surface area is 425 Å². The highest BCUT2D eigenvalue weighted by Gasteiger charge is 2.51. The standard InChI is InChI=1S/C71H46N2/c1-3-19-47(20-4-1)49-37-39-50(40-38-49)55-25-10-14-34-66(55)72(53-24-17-23-51(45-53)48-21-5-2-6-22-48)68-44-43-54(56-26-7-8-28-59(56)68)52-41-42-58-57-27-9-12-31-62(57)71(65(58)46-52)63-32-13-16-36-69(63)73-67-35-15-11-29-60(67)61-30-18-33-64(71)70(61)73/h1-46H. The van der Waals surface area contributed by atoms with Gasteiger partial charge in [-0.05, 0) is 120 Å². The smallest absolute Gasteiger partial charge is 0.0754 e. The van der Waals surface area contributed by atoms with Gasteiger partial charge in [-0.15, -0.1) is 0 Å². The van der Waals surface area contributed by atoms with Crippen LogP contribution in [-0.2, 0) is 5.41 Å². The summed E-state index contributed by atoms with van der Waals surface area (Å²) in [5.41, 5.74) is 23.9. The number of anilines is 3. The van der Waals surface area contributed by atoms with Crippen molar-refractivity contribution in [3.8, 4) is 61.3 Å². The van der Waals surface area contributed by atoms with Gasteiger partial charge in [0.1, 0.15) is 0 Å². The highest BCUT2D eigenvalue weighted by atomic mass is 15.1. The quantitative estimate of drug-likeness (QED) is 0.155. The molecule has 2 heteroatoms. The molecule has 1 spiro atoms. The molecule has 2 heterocycles. The average molecular weight is 927 g/mol. The summed E-state index contributed by atoms with van der Waals surface area (Å²) in [4.78, 5) is 2.48. The molecule has 0 saturated carbocycles. The zero-order valence-electron chi connectivity index (χ0n) is 40.0. The van der Waals surface area contributed by atoms with Gasteiger partial charge in [0, 0.05) is 27.4 Å². The molecular formula is C71H46N2. The Morgan fingerprint density at radius 3 is 1.64 bits per heavy atom. The summed E-state index contributed by atoms with van der Waals surface area (Å²) in [6.45, 7) is 0. The molecule has 0 fully saturated rings. The van der Waals surface area contributed by atoms with Crippen LogP contribution >= 0.6 is 0 Å². The SMILES string of the molecule is c1ccc(-c2ccc(-c3ccccc3N(c3cccc(-c4ccccc4)c3)c3ccc(-c4ccc5c(c4)C4(c6ccccc6-5)c5ccccc5-n5c6ccccc6c6cccc4c65)c4ccccc34)cc2)cc1. The molecule has 1 unspecified atom stereocenters. The molecule has 0 saturated heterocycles. The molecule has 0 radical (unpaired) electrons. The van der Waals surface area contributed by atoms with E-state index in [9.17, 15) is 0 Å². The Kier molecular flexibility index (Phi) is 9.21. The highest BCUT2D eigenvalue weighted by molar-refractivity contribution is 6.13. The second-order valence-corrected chi connectivity index (χ2v) is 19.5. The number of aromatic nitrogens is 1. The lowest BCUT2D eigenvalue weighted by Gasteiger charge is -2.39. The number of rotatable bonds is 7. The van der Waals surface area contributed by atoms with Crippen molar-refractivity contribution < 1.29 is 0 Å². The molecule has 15 rings (SSSR count). The zero-order chi connectivity index (χ0) is 48.0. The minimum Gasteiger partial charge on any atom is -0.309 e. The van der Waals surface area contributed by atoms with Crippen LogP contribution in [0.2, 0.25) is 0 Å². The van der Waals surface area contributed by atoms with E-state index in [1.165, 1.54) is 105 Å². The van der Waals surface area contributed by atoms with Crippen molar-refractivity contribution in [3.05, 3.63) is 301 Å². The van der Waals surface area contributed by atoms with E-state index >= 15 is 0 Å². The maximum Gasteiger partial charge on any atom is 0.0754 e. The van der Waals surface area contributed by atoms with E-state index < -0.39 is 5.41 Å². The monoisotopic (exact) mass is 926 g/mol. The summed E-state index contributed by atoms with van der Waals surface area (Å²) in [6, 6.07) is 103. The third-order valence-corrected chi connectivity index (χ3v) is 15.8. The normalized spacial score (nSPS) is 14.1. The van der Waals surface area contributed by atoms with Crippen LogP contribution in [0.25, 0.3) is 93.9 Å². The average Bonchev–Trinajstić information content (AvgIpc) is 3.98. The van der Waals surface area contributed by atoms with Gasteiger partial charge in [-0.25, -0.2) is 0 Å². The molecule has 2 nitrogen and oxygen atoms in total. The molecule has 12 aromatic carbocycles. The van der Waals surface area contributed by atoms with E-state index in [2.05, 4.69) is 289 Å². The molecule has 0 N–H and O–H groups in total. The Morgan fingerprint density at radius 2 is 0.822 bits per heavy atom. The van der Waals surface area contributed by atoms with Crippen molar-refractivity contribution in [2.24, 2.45) is 0 Å². The summed E-state index contributed by atoms with van der Waals surface area (Å²) >= 11 is 0. The number of hydrogen-bond acceptors (Lipinski definition) is 1. The predicted molar refractivity (Wildman–Crippen MR) is 306 cm³/mol. The summed E-state index contributed by atoms with van der Waals surface area (Å²) in [5.74, 6) is 0. The van der Waals surface area contributed by atoms with Crippen molar-refractivity contribution in [2.75, 3.05) is 4.90 Å². The maximum atomic E-state index is 2.53. The van der Waals surface area contributed by atoms with Gasteiger partial charge < -0.3 is 9.47 Å². The number of nitrogens with zero attached hydrogens (tertiary/aromatic N) is 2. The van der Waals surface area contributed by atoms with Gasteiger partial charge in [0.05, 0.1) is 33.5 Å². The first-order valence-electron chi connectivity index (χ1n) is 25.3. The minimum atomic E-state index is -0.540. The first-order chi connectivity index (χ1) is 36.2. The van der Waals surface area contributed by atoms with Gasteiger partial charge in [-0.1, -0.05) is 237 Å². The Morgan fingerprint density at radius 1 is 0.274 bits per heavy atom. The van der Waals surface area contributed by atoms with Crippen molar-refractivity contribution in [3.63, 3.8) is 0 Å². The number of benzene rings is 12. The van der Waals surface area contributed by atoms with E-state index in [1.54, 1.807) is 0 Å². The van der Waals surface area contributed by atoms with Crippen molar-refractivity contribution in [2.45, 2.75) is 5.41 Å². The summed E-state index contributed by atoms with van der Waals surface area (Å²) < 4.78 is 2.52. The molecule has 2 aliphatic rings. The van der Waals surface area contributed by atoms with Gasteiger partial charge in [0.15, 0.2) is 0 Å². The Balaban J connectivity index is 0.941. The van der Waals surface area contributed by atoms with E-state index in [1.807, 2.05) is 0 Å². The van der Waals surface area contributed by atoms with Gasteiger partial charge in [0.25, 0.3) is 0 Å². The topological polar surface area (TPSA) is 8.17 Å². The fourth-order valence-electron chi connectivity index (χ4n) is 12.7. The van der Waals surface area contributed by atoms with E-state index in [0.29, 0.717) is 0 Å². The van der Waals surface area contributed by atoms with E-state index in [-0.39, 0.29) is 0 Å². The van der Waals surface area contributed by atoms with Crippen molar-refractivity contribution in [1.82, 2.24) is 4.57 Å². The van der Waals surface area contributed by atoms with E-state index in [0.717, 1.165) is 28.2 Å². The highest BCUT2D eigenvalue weighted by Crippen LogP contribution is 2.61. The summed E-state index contributed by atoms with van der Waals surface area (Å²) in [7, 11) is 0. The molecule has 0 bridgehead atoms. The second kappa shape index (κ2) is 16.3. The number of para-hydroxylation sites is 4. The minimum absolute atomic E-state index is 0.540. The molecule has 340 valence electrons. The molecule has 1 aliphatic heterocycles. The fraction of sp³-hybridized carbons (Fsp3) is 0.0141.